The molecule has 0 radical (unpaired) electrons. The Bertz CT molecular complexity index is 395. The van der Waals surface area contributed by atoms with Gasteiger partial charge in [-0.3, -0.25) is 0 Å². The molecule has 1 unspecified atom stereocenters. The minimum absolute atomic E-state index is 0.113. The first kappa shape index (κ1) is 11.1. The summed E-state index contributed by atoms with van der Waals surface area (Å²) >= 11 is 0. The standard InChI is InChI=1S/C12H15NO3/c1-3-6-16-12(2)5-4-10-9(7-12)11(14)15-8-13-10/h4-5,7H,3,6,8H2,1-2H3. The van der Waals surface area contributed by atoms with E-state index < -0.39 is 5.60 Å². The number of allylic oxidation sites excluding steroid dienone is 1. The topological polar surface area (TPSA) is 47.9 Å². The van der Waals surface area contributed by atoms with Crippen molar-refractivity contribution in [2.24, 2.45) is 4.99 Å². The largest absolute Gasteiger partial charge is 0.439 e. The Morgan fingerprint density at radius 1 is 1.62 bits per heavy atom. The molecule has 1 aliphatic heterocycles. The van der Waals surface area contributed by atoms with Gasteiger partial charge in [0.25, 0.3) is 0 Å². The maximum absolute atomic E-state index is 11.5. The summed E-state index contributed by atoms with van der Waals surface area (Å²) in [5.74, 6) is -0.319. The molecule has 1 heterocycles. The molecule has 0 fully saturated rings. The lowest BCUT2D eigenvalue weighted by molar-refractivity contribution is -0.138. The van der Waals surface area contributed by atoms with Crippen LogP contribution in [-0.2, 0) is 14.3 Å². The monoisotopic (exact) mass is 221 g/mol. The van der Waals surface area contributed by atoms with Crippen molar-refractivity contribution in [1.29, 1.82) is 0 Å². The van der Waals surface area contributed by atoms with E-state index >= 15 is 0 Å². The number of hydrogen-bond acceptors (Lipinski definition) is 4. The van der Waals surface area contributed by atoms with Crippen molar-refractivity contribution in [1.82, 2.24) is 0 Å². The smallest absolute Gasteiger partial charge is 0.341 e. The van der Waals surface area contributed by atoms with E-state index in [0.29, 0.717) is 17.9 Å². The van der Waals surface area contributed by atoms with Gasteiger partial charge in [0.2, 0.25) is 0 Å². The van der Waals surface area contributed by atoms with Gasteiger partial charge in [0.1, 0.15) is 5.60 Å². The van der Waals surface area contributed by atoms with E-state index in [-0.39, 0.29) is 12.7 Å². The fourth-order valence-electron chi connectivity index (χ4n) is 1.69. The molecule has 2 rings (SSSR count). The number of fused-ring (bicyclic) bond motifs is 1. The van der Waals surface area contributed by atoms with Crippen LogP contribution in [0.4, 0.5) is 0 Å². The van der Waals surface area contributed by atoms with Crippen LogP contribution in [0.2, 0.25) is 0 Å². The van der Waals surface area contributed by atoms with Crippen molar-refractivity contribution in [2.75, 3.05) is 13.3 Å². The van der Waals surface area contributed by atoms with Gasteiger partial charge in [-0.05, 0) is 31.6 Å². The van der Waals surface area contributed by atoms with Crippen LogP contribution in [0, 0.1) is 0 Å². The number of nitrogens with zero attached hydrogens (tertiary/aromatic N) is 1. The molecule has 2 aliphatic rings. The highest BCUT2D eigenvalue weighted by Gasteiger charge is 2.30. The van der Waals surface area contributed by atoms with E-state index in [4.69, 9.17) is 9.47 Å². The Hall–Kier alpha value is -1.42. The van der Waals surface area contributed by atoms with Crippen molar-refractivity contribution in [3.8, 4) is 0 Å². The summed E-state index contributed by atoms with van der Waals surface area (Å²) in [7, 11) is 0. The Kier molecular flexibility index (Phi) is 2.92. The van der Waals surface area contributed by atoms with Crippen molar-refractivity contribution >= 4 is 11.7 Å². The molecular weight excluding hydrogens is 206 g/mol. The molecule has 0 saturated heterocycles. The summed E-state index contributed by atoms with van der Waals surface area (Å²) in [5.41, 5.74) is 0.668. The molecule has 16 heavy (non-hydrogen) atoms. The molecule has 0 aromatic heterocycles. The molecule has 1 atom stereocenters. The van der Waals surface area contributed by atoms with Crippen LogP contribution in [0.15, 0.2) is 28.8 Å². The first-order valence-electron chi connectivity index (χ1n) is 5.42. The second-order valence-corrected chi connectivity index (χ2v) is 4.03. The number of aliphatic imine (C=N–C) groups is 1. The Labute approximate surface area is 94.6 Å². The van der Waals surface area contributed by atoms with E-state index in [2.05, 4.69) is 4.99 Å². The normalized spacial score (nSPS) is 28.0. The molecule has 86 valence electrons. The van der Waals surface area contributed by atoms with E-state index in [1.54, 1.807) is 6.08 Å². The number of ether oxygens (including phenoxy) is 2. The summed E-state index contributed by atoms with van der Waals surface area (Å²) < 4.78 is 10.6. The molecule has 0 N–H and O–H groups in total. The third kappa shape index (κ3) is 2.07. The van der Waals surface area contributed by atoms with Crippen LogP contribution in [0.1, 0.15) is 20.3 Å². The molecule has 0 amide bonds. The summed E-state index contributed by atoms with van der Waals surface area (Å²) in [5, 5.41) is 0. The highest BCUT2D eigenvalue weighted by Crippen LogP contribution is 2.25. The first-order chi connectivity index (χ1) is 7.64. The number of esters is 1. The minimum atomic E-state index is -0.527. The zero-order chi connectivity index (χ0) is 11.6. The molecule has 1 aliphatic carbocycles. The van der Waals surface area contributed by atoms with Gasteiger partial charge in [-0.25, -0.2) is 9.79 Å². The van der Waals surface area contributed by atoms with Crippen LogP contribution in [0.5, 0.6) is 0 Å². The number of cyclic esters (lactones) is 1. The van der Waals surface area contributed by atoms with E-state index in [0.717, 1.165) is 6.42 Å². The summed E-state index contributed by atoms with van der Waals surface area (Å²) in [6, 6.07) is 0. The molecule has 4 heteroatoms. The maximum atomic E-state index is 11.5. The summed E-state index contributed by atoms with van der Waals surface area (Å²) in [4.78, 5) is 15.6. The van der Waals surface area contributed by atoms with Gasteiger partial charge >= 0.3 is 5.97 Å². The minimum Gasteiger partial charge on any atom is -0.439 e. The molecule has 0 aromatic carbocycles. The molecule has 0 aromatic rings. The Morgan fingerprint density at radius 2 is 2.44 bits per heavy atom. The van der Waals surface area contributed by atoms with Crippen LogP contribution in [0.25, 0.3) is 0 Å². The quantitative estimate of drug-likeness (QED) is 0.680. The number of carbonyl (C=O) groups excluding carboxylic acids is 1. The van der Waals surface area contributed by atoms with Crippen LogP contribution in [0.3, 0.4) is 0 Å². The van der Waals surface area contributed by atoms with Gasteiger partial charge in [0.05, 0.1) is 11.3 Å². The molecule has 0 spiro atoms. The molecule has 0 saturated carbocycles. The second kappa shape index (κ2) is 4.22. The Morgan fingerprint density at radius 3 is 3.19 bits per heavy atom. The molecule has 4 nitrogen and oxygen atoms in total. The Balaban J connectivity index is 2.25. The van der Waals surface area contributed by atoms with Crippen molar-refractivity contribution in [2.45, 2.75) is 25.9 Å². The van der Waals surface area contributed by atoms with Crippen LogP contribution >= 0.6 is 0 Å². The highest BCUT2D eigenvalue weighted by molar-refractivity contribution is 6.26. The predicted molar refractivity (Wildman–Crippen MR) is 60.3 cm³/mol. The second-order valence-electron chi connectivity index (χ2n) is 4.03. The fourth-order valence-corrected chi connectivity index (χ4v) is 1.69. The van der Waals surface area contributed by atoms with Crippen LogP contribution in [-0.4, -0.2) is 30.6 Å². The third-order valence-electron chi connectivity index (χ3n) is 2.55. The number of rotatable bonds is 3. The highest BCUT2D eigenvalue weighted by atomic mass is 16.5. The van der Waals surface area contributed by atoms with E-state index in [9.17, 15) is 4.79 Å². The van der Waals surface area contributed by atoms with Gasteiger partial charge in [0, 0.05) is 6.61 Å². The van der Waals surface area contributed by atoms with Crippen molar-refractivity contribution in [3.63, 3.8) is 0 Å². The lowest BCUT2D eigenvalue weighted by Crippen LogP contribution is -2.32. The SMILES string of the molecule is CCCOC1(C)C=CC2=NCOC(=O)C2=C1. The first-order valence-corrected chi connectivity index (χ1v) is 5.42. The summed E-state index contributed by atoms with van der Waals surface area (Å²) in [6.07, 6.45) is 6.47. The lowest BCUT2D eigenvalue weighted by atomic mass is 9.92. The van der Waals surface area contributed by atoms with Gasteiger partial charge in [-0.15, -0.1) is 0 Å². The predicted octanol–water partition coefficient (Wildman–Crippen LogP) is 1.62. The zero-order valence-corrected chi connectivity index (χ0v) is 9.53. The van der Waals surface area contributed by atoms with Crippen molar-refractivity contribution < 1.29 is 14.3 Å². The zero-order valence-electron chi connectivity index (χ0n) is 9.53. The maximum Gasteiger partial charge on any atom is 0.341 e. The van der Waals surface area contributed by atoms with Gasteiger partial charge in [-0.2, -0.15) is 0 Å². The average Bonchev–Trinajstić information content (AvgIpc) is 2.28. The molecule has 0 bridgehead atoms. The fraction of sp³-hybridized carbons (Fsp3) is 0.500. The van der Waals surface area contributed by atoms with Crippen LogP contribution < -0.4 is 0 Å². The lowest BCUT2D eigenvalue weighted by Gasteiger charge is -2.28. The van der Waals surface area contributed by atoms with E-state index in [1.807, 2.05) is 26.0 Å². The molecular formula is C12H15NO3. The van der Waals surface area contributed by atoms with E-state index in [1.165, 1.54) is 0 Å². The average molecular weight is 221 g/mol. The third-order valence-corrected chi connectivity index (χ3v) is 2.55. The van der Waals surface area contributed by atoms with Gasteiger partial charge < -0.3 is 9.47 Å². The number of hydrogen-bond donors (Lipinski definition) is 0. The van der Waals surface area contributed by atoms with Crippen molar-refractivity contribution in [3.05, 3.63) is 23.8 Å². The number of carbonyl (C=O) groups is 1. The van der Waals surface area contributed by atoms with Gasteiger partial charge in [-0.1, -0.05) is 6.92 Å². The summed E-state index contributed by atoms with van der Waals surface area (Å²) in [6.45, 7) is 4.74. The van der Waals surface area contributed by atoms with Gasteiger partial charge in [0.15, 0.2) is 6.73 Å².